The normalized spacial score (nSPS) is 11.4. The largest absolute Gasteiger partial charge is 0.466 e. The fourth-order valence-corrected chi connectivity index (χ4v) is 5.86. The SMILES string of the molecule is CCCCCCCCCCC(=O)OCCCC(CCCOC(=O)CCCCCCCCCC)OC(=O)NCCCN(C)CCCCN(C)C. The van der Waals surface area contributed by atoms with E-state index >= 15 is 0 Å². The van der Waals surface area contributed by atoms with Gasteiger partial charge in [0.1, 0.15) is 6.10 Å². The molecule has 0 unspecified atom stereocenters. The maximum Gasteiger partial charge on any atom is 0.407 e. The Morgan fingerprint density at radius 1 is 0.531 bits per heavy atom. The Morgan fingerprint density at radius 3 is 1.43 bits per heavy atom. The van der Waals surface area contributed by atoms with Crippen molar-refractivity contribution >= 4 is 18.0 Å². The molecule has 1 amide bonds. The third-order valence-corrected chi connectivity index (χ3v) is 8.99. The molecule has 0 aliphatic carbocycles. The number of carbonyl (C=O) groups is 3. The summed E-state index contributed by atoms with van der Waals surface area (Å²) in [5.41, 5.74) is 0. The van der Waals surface area contributed by atoms with Gasteiger partial charge in [0, 0.05) is 19.4 Å². The van der Waals surface area contributed by atoms with Gasteiger partial charge in [-0.3, -0.25) is 9.59 Å². The molecule has 0 atom stereocenters. The molecule has 0 rings (SSSR count). The summed E-state index contributed by atoms with van der Waals surface area (Å²) in [6.07, 6.45) is 24.9. The highest BCUT2D eigenvalue weighted by Crippen LogP contribution is 2.14. The number of esters is 2. The van der Waals surface area contributed by atoms with E-state index in [1.54, 1.807) is 0 Å². The monoisotopic (exact) mass is 698 g/mol. The van der Waals surface area contributed by atoms with E-state index in [0.717, 1.165) is 58.2 Å². The molecule has 0 fully saturated rings. The summed E-state index contributed by atoms with van der Waals surface area (Å²) in [6, 6.07) is 0. The van der Waals surface area contributed by atoms with Crippen molar-refractivity contribution in [2.75, 3.05) is 60.5 Å². The lowest BCUT2D eigenvalue weighted by Gasteiger charge is -2.19. The van der Waals surface area contributed by atoms with Gasteiger partial charge in [0.15, 0.2) is 0 Å². The summed E-state index contributed by atoms with van der Waals surface area (Å²) in [5.74, 6) is -0.292. The van der Waals surface area contributed by atoms with E-state index in [4.69, 9.17) is 14.2 Å². The molecule has 1 N–H and O–H groups in total. The Balaban J connectivity index is 4.38. The lowest BCUT2D eigenvalue weighted by Crippen LogP contribution is -2.32. The summed E-state index contributed by atoms with van der Waals surface area (Å²) in [4.78, 5) is 41.5. The lowest BCUT2D eigenvalue weighted by molar-refractivity contribution is -0.144. The topological polar surface area (TPSA) is 97.4 Å². The third-order valence-electron chi connectivity index (χ3n) is 8.99. The van der Waals surface area contributed by atoms with Crippen LogP contribution in [0.25, 0.3) is 0 Å². The Kier molecular flexibility index (Phi) is 34.6. The van der Waals surface area contributed by atoms with Crippen molar-refractivity contribution < 1.29 is 28.6 Å². The van der Waals surface area contributed by atoms with Gasteiger partial charge in [-0.1, -0.05) is 104 Å². The lowest BCUT2D eigenvalue weighted by atomic mass is 10.1. The molecule has 0 radical (unpaired) electrons. The Labute approximate surface area is 302 Å². The van der Waals surface area contributed by atoms with E-state index in [-0.39, 0.29) is 18.0 Å². The zero-order valence-electron chi connectivity index (χ0n) is 32.8. The van der Waals surface area contributed by atoms with Crippen LogP contribution in [0.4, 0.5) is 4.79 Å². The number of hydrogen-bond donors (Lipinski definition) is 1. The number of nitrogens with one attached hydrogen (secondary N) is 1. The molecule has 0 aromatic carbocycles. The first kappa shape index (κ1) is 47.1. The van der Waals surface area contributed by atoms with Gasteiger partial charge in [-0.15, -0.1) is 0 Å². The number of nitrogens with zero attached hydrogens (tertiary/aromatic N) is 2. The second-order valence-corrected chi connectivity index (χ2v) is 14.3. The van der Waals surface area contributed by atoms with Gasteiger partial charge in [-0.05, 0) is 98.6 Å². The predicted molar refractivity (Wildman–Crippen MR) is 203 cm³/mol. The Bertz CT molecular complexity index is 726. The van der Waals surface area contributed by atoms with Gasteiger partial charge in [-0.2, -0.15) is 0 Å². The van der Waals surface area contributed by atoms with E-state index in [0.29, 0.717) is 58.3 Å². The maximum atomic E-state index is 12.6. The molecular formula is C40H79N3O6. The molecule has 0 spiro atoms. The molecule has 0 aromatic heterocycles. The minimum atomic E-state index is -0.419. The molecule has 49 heavy (non-hydrogen) atoms. The number of amides is 1. The number of unbranched alkanes of at least 4 members (excludes halogenated alkanes) is 15. The molecule has 0 aliphatic rings. The average Bonchev–Trinajstić information content (AvgIpc) is 3.07. The van der Waals surface area contributed by atoms with Crippen molar-refractivity contribution in [3.63, 3.8) is 0 Å². The van der Waals surface area contributed by atoms with Crippen LogP contribution in [0.1, 0.15) is 174 Å². The van der Waals surface area contributed by atoms with Crippen molar-refractivity contribution in [3.05, 3.63) is 0 Å². The number of rotatable bonds is 36. The summed E-state index contributed by atoms with van der Waals surface area (Å²) in [5, 5.41) is 2.90. The maximum absolute atomic E-state index is 12.6. The zero-order chi connectivity index (χ0) is 36.2. The smallest absolute Gasteiger partial charge is 0.407 e. The second-order valence-electron chi connectivity index (χ2n) is 14.3. The van der Waals surface area contributed by atoms with Crippen LogP contribution in [0, 0.1) is 0 Å². The molecule has 0 aliphatic heterocycles. The van der Waals surface area contributed by atoms with E-state index in [1.807, 2.05) is 0 Å². The third kappa shape index (κ3) is 35.7. The molecule has 290 valence electrons. The first-order chi connectivity index (χ1) is 23.8. The Morgan fingerprint density at radius 2 is 0.959 bits per heavy atom. The summed E-state index contributed by atoms with van der Waals surface area (Å²) in [7, 11) is 6.32. The molecule has 0 aromatic rings. The van der Waals surface area contributed by atoms with Gasteiger partial charge in [0.2, 0.25) is 0 Å². The minimum absolute atomic E-state index is 0.146. The highest BCUT2D eigenvalue weighted by molar-refractivity contribution is 5.69. The first-order valence-corrected chi connectivity index (χ1v) is 20.4. The number of hydrogen-bond acceptors (Lipinski definition) is 8. The minimum Gasteiger partial charge on any atom is -0.466 e. The molecule has 9 nitrogen and oxygen atoms in total. The van der Waals surface area contributed by atoms with E-state index in [1.165, 1.54) is 83.5 Å². The summed E-state index contributed by atoms with van der Waals surface area (Å²) < 4.78 is 16.7. The van der Waals surface area contributed by atoms with Crippen molar-refractivity contribution in [2.45, 2.75) is 180 Å². The van der Waals surface area contributed by atoms with Crippen molar-refractivity contribution in [2.24, 2.45) is 0 Å². The molecule has 0 heterocycles. The second kappa shape index (κ2) is 35.9. The quantitative estimate of drug-likeness (QED) is 0.0393. The number of ether oxygens (including phenoxy) is 3. The predicted octanol–water partition coefficient (Wildman–Crippen LogP) is 9.45. The fourth-order valence-electron chi connectivity index (χ4n) is 5.86. The van der Waals surface area contributed by atoms with Crippen LogP contribution in [0.3, 0.4) is 0 Å². The van der Waals surface area contributed by atoms with Crippen molar-refractivity contribution in [3.8, 4) is 0 Å². The van der Waals surface area contributed by atoms with E-state index < -0.39 is 6.09 Å². The van der Waals surface area contributed by atoms with Crippen LogP contribution in [-0.4, -0.2) is 94.5 Å². The standard InChI is InChI=1S/C40H79N3O6/c1-6-8-10-12-14-16-18-20-29-38(44)47-35-24-27-37(28-25-36-48-39(45)30-21-19-17-15-13-11-9-7-2)49-40(46)41-31-26-34-43(5)33-23-22-32-42(3)4/h37H,6-36H2,1-5H3,(H,41,46). The van der Waals surface area contributed by atoms with Crippen molar-refractivity contribution in [1.82, 2.24) is 15.1 Å². The van der Waals surface area contributed by atoms with Crippen LogP contribution in [-0.2, 0) is 23.8 Å². The van der Waals surface area contributed by atoms with Gasteiger partial charge in [0.25, 0.3) is 0 Å². The van der Waals surface area contributed by atoms with E-state index in [9.17, 15) is 14.4 Å². The highest BCUT2D eigenvalue weighted by atomic mass is 16.6. The van der Waals surface area contributed by atoms with Gasteiger partial charge < -0.3 is 29.3 Å². The number of carbonyl (C=O) groups excluding carboxylic acids is 3. The average molecular weight is 698 g/mol. The molecule has 0 bridgehead atoms. The van der Waals surface area contributed by atoms with Crippen LogP contribution < -0.4 is 5.32 Å². The molecular weight excluding hydrogens is 618 g/mol. The summed E-state index contributed by atoms with van der Waals surface area (Å²) in [6.45, 7) is 8.73. The van der Waals surface area contributed by atoms with Crippen LogP contribution in [0.5, 0.6) is 0 Å². The fraction of sp³-hybridized carbons (Fsp3) is 0.925. The molecule has 0 saturated heterocycles. The first-order valence-electron chi connectivity index (χ1n) is 20.4. The zero-order valence-corrected chi connectivity index (χ0v) is 32.8. The van der Waals surface area contributed by atoms with Gasteiger partial charge in [-0.25, -0.2) is 4.79 Å². The van der Waals surface area contributed by atoms with Gasteiger partial charge >= 0.3 is 18.0 Å². The molecule has 9 heteroatoms. The Hall–Kier alpha value is -1.87. The van der Waals surface area contributed by atoms with Crippen molar-refractivity contribution in [1.29, 1.82) is 0 Å². The number of alkyl carbamates (subject to hydrolysis) is 1. The van der Waals surface area contributed by atoms with Crippen LogP contribution >= 0.6 is 0 Å². The molecule has 0 saturated carbocycles. The van der Waals surface area contributed by atoms with Crippen LogP contribution in [0.15, 0.2) is 0 Å². The summed E-state index contributed by atoms with van der Waals surface area (Å²) >= 11 is 0. The highest BCUT2D eigenvalue weighted by Gasteiger charge is 2.16. The van der Waals surface area contributed by atoms with E-state index in [2.05, 4.69) is 50.1 Å². The van der Waals surface area contributed by atoms with Crippen LogP contribution in [0.2, 0.25) is 0 Å². The van der Waals surface area contributed by atoms with Gasteiger partial charge in [0.05, 0.1) is 13.2 Å².